The highest BCUT2D eigenvalue weighted by Gasteiger charge is 2.60. The van der Waals surface area contributed by atoms with Crippen LogP contribution in [0.25, 0.3) is 0 Å². The number of halogens is 2. The fourth-order valence-corrected chi connectivity index (χ4v) is 2.92. The van der Waals surface area contributed by atoms with Gasteiger partial charge in [-0.2, -0.15) is 0 Å². The SMILES string of the molecule is CCOc1ccc(NC(=O)[C@@H]2[C@H](C=C(Cl)Cl)C2(C)C)cc1. The van der Waals surface area contributed by atoms with Gasteiger partial charge in [-0.15, -0.1) is 0 Å². The molecule has 0 saturated heterocycles. The molecule has 0 bridgehead atoms. The molecule has 1 aromatic carbocycles. The topological polar surface area (TPSA) is 38.3 Å². The number of benzene rings is 1. The molecule has 1 aliphatic rings. The van der Waals surface area contributed by atoms with Crippen LogP contribution in [0.15, 0.2) is 34.8 Å². The predicted molar refractivity (Wildman–Crippen MR) is 86.8 cm³/mol. The molecule has 1 aromatic rings. The first-order valence-corrected chi connectivity index (χ1v) is 7.68. The maximum Gasteiger partial charge on any atom is 0.228 e. The molecule has 1 fully saturated rings. The normalized spacial score (nSPS) is 22.3. The van der Waals surface area contributed by atoms with Crippen molar-refractivity contribution in [2.24, 2.45) is 17.3 Å². The van der Waals surface area contributed by atoms with E-state index in [2.05, 4.69) is 5.32 Å². The Labute approximate surface area is 135 Å². The largest absolute Gasteiger partial charge is 0.494 e. The van der Waals surface area contributed by atoms with E-state index in [9.17, 15) is 4.79 Å². The van der Waals surface area contributed by atoms with Crippen molar-refractivity contribution in [3.63, 3.8) is 0 Å². The van der Waals surface area contributed by atoms with Crippen molar-refractivity contribution in [1.29, 1.82) is 0 Å². The number of allylic oxidation sites excluding steroid dienone is 1. The zero-order chi connectivity index (χ0) is 15.6. The van der Waals surface area contributed by atoms with Crippen molar-refractivity contribution in [2.75, 3.05) is 11.9 Å². The third-order valence-corrected chi connectivity index (χ3v) is 4.18. The Hall–Kier alpha value is -1.19. The van der Waals surface area contributed by atoms with Gasteiger partial charge in [-0.3, -0.25) is 4.79 Å². The second-order valence-electron chi connectivity index (χ2n) is 5.73. The molecule has 2 atom stereocenters. The minimum atomic E-state index is -0.121. The van der Waals surface area contributed by atoms with Gasteiger partial charge in [0.15, 0.2) is 0 Å². The molecule has 0 aliphatic heterocycles. The smallest absolute Gasteiger partial charge is 0.228 e. The summed E-state index contributed by atoms with van der Waals surface area (Å²) in [5.41, 5.74) is 0.635. The fourth-order valence-electron chi connectivity index (χ4n) is 2.65. The Bertz CT molecular complexity index is 548. The second-order valence-corrected chi connectivity index (χ2v) is 6.74. The molecule has 114 valence electrons. The van der Waals surface area contributed by atoms with Gasteiger partial charge in [0.25, 0.3) is 0 Å². The molecule has 1 amide bonds. The Morgan fingerprint density at radius 3 is 2.48 bits per heavy atom. The molecule has 2 rings (SSSR count). The van der Waals surface area contributed by atoms with Crippen molar-refractivity contribution >= 4 is 34.8 Å². The standard InChI is InChI=1S/C16H19Cl2NO2/c1-4-21-11-7-5-10(6-8-11)19-15(20)14-12(9-13(17)18)16(14,2)3/h5-9,12,14H,4H2,1-3H3,(H,19,20)/t12-,14-/m0/s1. The molecule has 1 aliphatic carbocycles. The zero-order valence-corrected chi connectivity index (χ0v) is 13.8. The summed E-state index contributed by atoms with van der Waals surface area (Å²) < 4.78 is 5.58. The summed E-state index contributed by atoms with van der Waals surface area (Å²) in [7, 11) is 0. The van der Waals surface area contributed by atoms with Crippen LogP contribution in [0, 0.1) is 17.3 Å². The number of carbonyl (C=O) groups is 1. The highest BCUT2D eigenvalue weighted by molar-refractivity contribution is 6.55. The fraction of sp³-hybridized carbons (Fsp3) is 0.438. The molecular weight excluding hydrogens is 309 g/mol. The summed E-state index contributed by atoms with van der Waals surface area (Å²) in [6, 6.07) is 7.34. The van der Waals surface area contributed by atoms with Gasteiger partial charge in [0.2, 0.25) is 5.91 Å². The van der Waals surface area contributed by atoms with Gasteiger partial charge >= 0.3 is 0 Å². The molecule has 0 unspecified atom stereocenters. The van der Waals surface area contributed by atoms with Gasteiger partial charge < -0.3 is 10.1 Å². The van der Waals surface area contributed by atoms with Crippen molar-refractivity contribution in [1.82, 2.24) is 0 Å². The molecule has 0 radical (unpaired) electrons. The minimum Gasteiger partial charge on any atom is -0.494 e. The van der Waals surface area contributed by atoms with E-state index in [1.54, 1.807) is 6.08 Å². The average Bonchev–Trinajstić information content (AvgIpc) is 2.92. The number of amides is 1. The van der Waals surface area contributed by atoms with Crippen LogP contribution in [-0.4, -0.2) is 12.5 Å². The summed E-state index contributed by atoms with van der Waals surface area (Å²) in [6.45, 7) is 6.62. The molecule has 1 saturated carbocycles. The van der Waals surface area contributed by atoms with E-state index in [0.29, 0.717) is 6.61 Å². The highest BCUT2D eigenvalue weighted by atomic mass is 35.5. The maximum atomic E-state index is 12.3. The molecule has 5 heteroatoms. The average molecular weight is 328 g/mol. The van der Waals surface area contributed by atoms with E-state index in [4.69, 9.17) is 27.9 Å². The minimum absolute atomic E-state index is 0.0139. The monoisotopic (exact) mass is 327 g/mol. The molecular formula is C16H19Cl2NO2. The summed E-state index contributed by atoms with van der Waals surface area (Å²) in [5.74, 6) is 0.735. The third-order valence-electron chi connectivity index (χ3n) is 3.93. The summed E-state index contributed by atoms with van der Waals surface area (Å²) in [4.78, 5) is 12.3. The van der Waals surface area contributed by atoms with Crippen molar-refractivity contribution in [3.8, 4) is 5.75 Å². The Kier molecular flexibility index (Phi) is 4.84. The van der Waals surface area contributed by atoms with E-state index in [1.165, 1.54) is 0 Å². The number of hydrogen-bond acceptors (Lipinski definition) is 2. The van der Waals surface area contributed by atoms with Crippen molar-refractivity contribution in [3.05, 3.63) is 34.8 Å². The van der Waals surface area contributed by atoms with Crippen LogP contribution in [-0.2, 0) is 4.79 Å². The van der Waals surface area contributed by atoms with E-state index in [0.717, 1.165) is 11.4 Å². The Morgan fingerprint density at radius 1 is 1.33 bits per heavy atom. The molecule has 0 aromatic heterocycles. The first kappa shape index (κ1) is 16.2. The number of ether oxygens (including phenoxy) is 1. The van der Waals surface area contributed by atoms with Crippen LogP contribution in [0.5, 0.6) is 5.75 Å². The first-order chi connectivity index (χ1) is 9.86. The van der Waals surface area contributed by atoms with Crippen molar-refractivity contribution < 1.29 is 9.53 Å². The first-order valence-electron chi connectivity index (χ1n) is 6.92. The van der Waals surface area contributed by atoms with Gasteiger partial charge in [0, 0.05) is 5.69 Å². The number of nitrogens with one attached hydrogen (secondary N) is 1. The number of anilines is 1. The summed E-state index contributed by atoms with van der Waals surface area (Å²) in [6.07, 6.45) is 1.74. The quantitative estimate of drug-likeness (QED) is 0.857. The lowest BCUT2D eigenvalue weighted by atomic mass is 10.1. The van der Waals surface area contributed by atoms with Crippen molar-refractivity contribution in [2.45, 2.75) is 20.8 Å². The predicted octanol–water partition coefficient (Wildman–Crippen LogP) is 4.62. The third kappa shape index (κ3) is 3.72. The molecule has 0 heterocycles. The van der Waals surface area contributed by atoms with Gasteiger partial charge in [-0.05, 0) is 48.6 Å². The van der Waals surface area contributed by atoms with Crippen LogP contribution in [0.3, 0.4) is 0 Å². The van der Waals surface area contributed by atoms with Gasteiger partial charge in [-0.25, -0.2) is 0 Å². The summed E-state index contributed by atoms with van der Waals surface area (Å²) >= 11 is 11.4. The lowest BCUT2D eigenvalue weighted by Crippen LogP contribution is -2.16. The van der Waals surface area contributed by atoms with Crippen LogP contribution in [0.2, 0.25) is 0 Å². The molecule has 1 N–H and O–H groups in total. The maximum absolute atomic E-state index is 12.3. The van der Waals surface area contributed by atoms with E-state index >= 15 is 0 Å². The van der Waals surface area contributed by atoms with Gasteiger partial charge in [0.1, 0.15) is 10.2 Å². The number of rotatable bonds is 5. The van der Waals surface area contributed by atoms with Crippen LogP contribution in [0.1, 0.15) is 20.8 Å². The van der Waals surface area contributed by atoms with Crippen LogP contribution < -0.4 is 10.1 Å². The summed E-state index contributed by atoms with van der Waals surface area (Å²) in [5, 5.41) is 2.92. The lowest BCUT2D eigenvalue weighted by molar-refractivity contribution is -0.118. The number of hydrogen-bond donors (Lipinski definition) is 1. The molecule has 21 heavy (non-hydrogen) atoms. The lowest BCUT2D eigenvalue weighted by Gasteiger charge is -2.07. The van der Waals surface area contributed by atoms with Crippen LogP contribution in [0.4, 0.5) is 5.69 Å². The Balaban J connectivity index is 2.00. The van der Waals surface area contributed by atoms with Gasteiger partial charge in [-0.1, -0.05) is 37.0 Å². The van der Waals surface area contributed by atoms with Gasteiger partial charge in [0.05, 0.1) is 12.5 Å². The highest BCUT2D eigenvalue weighted by Crippen LogP contribution is 2.60. The second kappa shape index (κ2) is 6.29. The Morgan fingerprint density at radius 2 is 1.95 bits per heavy atom. The zero-order valence-electron chi connectivity index (χ0n) is 12.3. The van der Waals surface area contributed by atoms with E-state index in [-0.39, 0.29) is 27.6 Å². The van der Waals surface area contributed by atoms with E-state index < -0.39 is 0 Å². The van der Waals surface area contributed by atoms with Crippen LogP contribution >= 0.6 is 23.2 Å². The van der Waals surface area contributed by atoms with E-state index in [1.807, 2.05) is 45.0 Å². The number of carbonyl (C=O) groups excluding carboxylic acids is 1. The molecule has 0 spiro atoms. The molecule has 3 nitrogen and oxygen atoms in total.